The summed E-state index contributed by atoms with van der Waals surface area (Å²) in [6, 6.07) is 0. The molecular weight excluding hydrogens is 270 g/mol. The van der Waals surface area contributed by atoms with Crippen molar-refractivity contribution in [3.8, 4) is 0 Å². The molecule has 0 saturated carbocycles. The van der Waals surface area contributed by atoms with Gasteiger partial charge in [-0.2, -0.15) is 9.97 Å². The van der Waals surface area contributed by atoms with Gasteiger partial charge < -0.3 is 31.5 Å². The summed E-state index contributed by atoms with van der Waals surface area (Å²) in [4.78, 5) is 8.62. The van der Waals surface area contributed by atoms with E-state index in [0.717, 1.165) is 4.80 Å². The first-order valence-electron chi connectivity index (χ1n) is 5.79. The Kier molecular flexibility index (Phi) is 2.90. The van der Waals surface area contributed by atoms with Crippen LogP contribution in [0.5, 0.6) is 0 Å². The van der Waals surface area contributed by atoms with E-state index in [4.69, 9.17) is 21.3 Å². The molecule has 1 aliphatic heterocycles. The molecule has 108 valence electrons. The molecule has 11 nitrogen and oxygen atoms in total. The number of aromatic nitrogens is 5. The Labute approximate surface area is 111 Å². The molecule has 0 unspecified atom stereocenters. The van der Waals surface area contributed by atoms with Gasteiger partial charge in [0.2, 0.25) is 11.6 Å². The van der Waals surface area contributed by atoms with Crippen molar-refractivity contribution in [2.24, 2.45) is 0 Å². The summed E-state index contributed by atoms with van der Waals surface area (Å²) in [5, 5.41) is 36.6. The molecule has 2 aromatic heterocycles. The quantitative estimate of drug-likeness (QED) is 0.381. The maximum Gasteiger partial charge on any atom is 0.224 e. The lowest BCUT2D eigenvalue weighted by atomic mass is 10.1. The van der Waals surface area contributed by atoms with Crippen molar-refractivity contribution >= 4 is 22.9 Å². The number of aliphatic hydroxyl groups excluding tert-OH is 3. The molecule has 3 rings (SSSR count). The Morgan fingerprint density at radius 2 is 1.90 bits per heavy atom. The zero-order valence-corrected chi connectivity index (χ0v) is 10.2. The number of aliphatic hydroxyl groups is 3. The molecule has 0 amide bonds. The molecule has 1 saturated heterocycles. The molecule has 0 aliphatic carbocycles. The summed E-state index contributed by atoms with van der Waals surface area (Å²) in [6.07, 6.45) is -4.51. The van der Waals surface area contributed by atoms with E-state index < -0.39 is 31.1 Å². The first-order valence-corrected chi connectivity index (χ1v) is 5.79. The van der Waals surface area contributed by atoms with Gasteiger partial charge in [0, 0.05) is 0 Å². The van der Waals surface area contributed by atoms with Gasteiger partial charge in [0.25, 0.3) is 0 Å². The van der Waals surface area contributed by atoms with Gasteiger partial charge in [0.05, 0.1) is 6.61 Å². The second-order valence-corrected chi connectivity index (χ2v) is 4.39. The van der Waals surface area contributed by atoms with Crippen molar-refractivity contribution in [2.75, 3.05) is 18.1 Å². The normalized spacial score (nSPS) is 30.1. The van der Waals surface area contributed by atoms with Crippen LogP contribution in [0.3, 0.4) is 0 Å². The number of nitrogens with two attached hydrogens (primary N) is 2. The van der Waals surface area contributed by atoms with E-state index in [0.29, 0.717) is 0 Å². The lowest BCUT2D eigenvalue weighted by molar-refractivity contribution is -0.0650. The summed E-state index contributed by atoms with van der Waals surface area (Å²) in [5.74, 6) is -0.00583. The Morgan fingerprint density at radius 1 is 1.15 bits per heavy atom. The predicted molar refractivity (Wildman–Crippen MR) is 65.0 cm³/mol. The van der Waals surface area contributed by atoms with Crippen LogP contribution < -0.4 is 11.5 Å². The van der Waals surface area contributed by atoms with Crippen LogP contribution in [-0.4, -0.2) is 65.2 Å². The monoisotopic (exact) mass is 283 g/mol. The van der Waals surface area contributed by atoms with Gasteiger partial charge in [-0.3, -0.25) is 0 Å². The third-order valence-corrected chi connectivity index (χ3v) is 3.05. The van der Waals surface area contributed by atoms with Gasteiger partial charge in [0.1, 0.15) is 18.3 Å². The van der Waals surface area contributed by atoms with Gasteiger partial charge in [0.15, 0.2) is 17.6 Å². The minimum Gasteiger partial charge on any atom is -0.394 e. The first kappa shape index (κ1) is 12.9. The summed E-state index contributed by atoms with van der Waals surface area (Å²) < 4.78 is 5.29. The SMILES string of the molecule is Nc1nc(N)c2nn([C@@H]3O[C@H](CO)[C@@H](O)[C@H]3O)nc2n1. The number of nitrogen functional groups attached to an aromatic ring is 2. The fraction of sp³-hybridized carbons (Fsp3) is 0.556. The van der Waals surface area contributed by atoms with Gasteiger partial charge in [-0.05, 0) is 0 Å². The summed E-state index contributed by atoms with van der Waals surface area (Å²) >= 11 is 0. The van der Waals surface area contributed by atoms with Gasteiger partial charge in [-0.15, -0.1) is 15.0 Å². The number of fused-ring (bicyclic) bond motifs is 1. The van der Waals surface area contributed by atoms with Crippen LogP contribution in [0, 0.1) is 0 Å². The summed E-state index contributed by atoms with van der Waals surface area (Å²) in [5.41, 5.74) is 11.4. The number of hydrogen-bond donors (Lipinski definition) is 5. The van der Waals surface area contributed by atoms with E-state index in [1.165, 1.54) is 0 Å². The predicted octanol–water partition coefficient (Wildman–Crippen LogP) is -3.00. The van der Waals surface area contributed by atoms with Gasteiger partial charge >= 0.3 is 0 Å². The molecule has 0 radical (unpaired) electrons. The Balaban J connectivity index is 2.01. The molecule has 0 spiro atoms. The molecule has 20 heavy (non-hydrogen) atoms. The van der Waals surface area contributed by atoms with Crippen LogP contribution in [0.15, 0.2) is 0 Å². The van der Waals surface area contributed by atoms with Crippen LogP contribution in [0.2, 0.25) is 0 Å². The molecule has 3 heterocycles. The van der Waals surface area contributed by atoms with Crippen LogP contribution in [0.1, 0.15) is 6.23 Å². The fourth-order valence-corrected chi connectivity index (χ4v) is 2.05. The third kappa shape index (κ3) is 1.84. The van der Waals surface area contributed by atoms with E-state index in [9.17, 15) is 10.2 Å². The van der Waals surface area contributed by atoms with Crippen molar-refractivity contribution in [1.82, 2.24) is 25.0 Å². The number of hydrogen-bond acceptors (Lipinski definition) is 10. The lowest BCUT2D eigenvalue weighted by Crippen LogP contribution is -2.33. The molecule has 2 aromatic rings. The summed E-state index contributed by atoms with van der Waals surface area (Å²) in [7, 11) is 0. The third-order valence-electron chi connectivity index (χ3n) is 3.05. The minimum absolute atomic E-state index is 0.0468. The maximum atomic E-state index is 9.88. The molecule has 4 atom stereocenters. The topological polar surface area (TPSA) is 178 Å². The largest absolute Gasteiger partial charge is 0.394 e. The zero-order valence-electron chi connectivity index (χ0n) is 10.2. The van der Waals surface area contributed by atoms with Crippen molar-refractivity contribution in [3.05, 3.63) is 0 Å². The van der Waals surface area contributed by atoms with Gasteiger partial charge in [-0.25, -0.2) is 0 Å². The molecule has 1 aliphatic rings. The number of nitrogens with zero attached hydrogens (tertiary/aromatic N) is 5. The van der Waals surface area contributed by atoms with Crippen molar-refractivity contribution < 1.29 is 20.1 Å². The van der Waals surface area contributed by atoms with Crippen molar-refractivity contribution in [1.29, 1.82) is 0 Å². The molecule has 0 bridgehead atoms. The molecule has 1 fully saturated rings. The summed E-state index contributed by atoms with van der Waals surface area (Å²) in [6.45, 7) is -0.440. The minimum atomic E-state index is -1.29. The standard InChI is InChI=1S/C9H13N7O4/c10-6-3-7(13-9(11)12-6)15-16(14-3)8-5(19)4(18)2(1-17)20-8/h2,4-5,8,17-19H,1H2,(H4,10,11,12,13,15)/t2-,4-,5-,8-/m1/s1. The molecule has 0 aromatic carbocycles. The fourth-order valence-electron chi connectivity index (χ4n) is 2.05. The number of ether oxygens (including phenoxy) is 1. The zero-order chi connectivity index (χ0) is 14.4. The maximum absolute atomic E-state index is 9.88. The van der Waals surface area contributed by atoms with Crippen LogP contribution in [0.25, 0.3) is 11.2 Å². The molecule has 7 N–H and O–H groups in total. The van der Waals surface area contributed by atoms with E-state index in [-0.39, 0.29) is 22.9 Å². The van der Waals surface area contributed by atoms with E-state index in [2.05, 4.69) is 20.2 Å². The number of rotatable bonds is 2. The van der Waals surface area contributed by atoms with Crippen molar-refractivity contribution in [3.63, 3.8) is 0 Å². The highest BCUT2D eigenvalue weighted by Crippen LogP contribution is 2.29. The number of anilines is 2. The highest BCUT2D eigenvalue weighted by molar-refractivity contribution is 5.81. The molecule has 11 heteroatoms. The second kappa shape index (κ2) is 4.49. The highest BCUT2D eigenvalue weighted by atomic mass is 16.6. The van der Waals surface area contributed by atoms with E-state index in [1.54, 1.807) is 0 Å². The van der Waals surface area contributed by atoms with Crippen LogP contribution in [0.4, 0.5) is 11.8 Å². The first-order chi connectivity index (χ1) is 9.51. The van der Waals surface area contributed by atoms with Gasteiger partial charge in [-0.1, -0.05) is 0 Å². The Morgan fingerprint density at radius 3 is 2.55 bits per heavy atom. The Hall–Kier alpha value is -2.08. The van der Waals surface area contributed by atoms with E-state index >= 15 is 0 Å². The second-order valence-electron chi connectivity index (χ2n) is 4.39. The Bertz CT molecular complexity index is 647. The van der Waals surface area contributed by atoms with Crippen LogP contribution in [-0.2, 0) is 4.74 Å². The lowest BCUT2D eigenvalue weighted by Gasteiger charge is -2.12. The van der Waals surface area contributed by atoms with Crippen LogP contribution >= 0.6 is 0 Å². The molecular formula is C9H13N7O4. The van der Waals surface area contributed by atoms with Crippen molar-refractivity contribution in [2.45, 2.75) is 24.5 Å². The average Bonchev–Trinajstić information content (AvgIpc) is 2.93. The highest BCUT2D eigenvalue weighted by Gasteiger charge is 2.44. The smallest absolute Gasteiger partial charge is 0.224 e. The average molecular weight is 283 g/mol. The van der Waals surface area contributed by atoms with E-state index in [1.807, 2.05) is 0 Å².